The quantitative estimate of drug-likeness (QED) is 0.898. The number of hydrogen-bond acceptors (Lipinski definition) is 2. The normalized spacial score (nSPS) is 16.4. The van der Waals surface area contributed by atoms with Gasteiger partial charge in [-0.3, -0.25) is 0 Å². The third-order valence-electron chi connectivity index (χ3n) is 2.83. The number of benzene rings is 1. The Hall–Kier alpha value is -1.10. The van der Waals surface area contributed by atoms with Crippen molar-refractivity contribution in [2.45, 2.75) is 35.8 Å². The number of rotatable bonds is 3. The maximum Gasteiger partial charge on any atom is 0.335 e. The molecule has 2 rings (SSSR count). The Morgan fingerprint density at radius 2 is 1.76 bits per heavy atom. The SMILES string of the molecule is O=C(O)c1cc(F)c(SC2CCCC2)c(F)c1. The van der Waals surface area contributed by atoms with Gasteiger partial charge in [0.05, 0.1) is 10.5 Å². The number of hydrogen-bond donors (Lipinski definition) is 1. The van der Waals surface area contributed by atoms with Gasteiger partial charge in [0.25, 0.3) is 0 Å². The van der Waals surface area contributed by atoms with E-state index in [-0.39, 0.29) is 15.7 Å². The standard InChI is InChI=1S/C12H12F2O2S/c13-9-5-7(12(15)16)6-10(14)11(9)17-8-3-1-2-4-8/h5-6,8H,1-4H2,(H,15,16). The van der Waals surface area contributed by atoms with E-state index in [9.17, 15) is 13.6 Å². The van der Waals surface area contributed by atoms with Crippen molar-refractivity contribution in [1.29, 1.82) is 0 Å². The molecule has 0 radical (unpaired) electrons. The zero-order chi connectivity index (χ0) is 12.4. The fourth-order valence-corrected chi connectivity index (χ4v) is 3.21. The molecule has 5 heteroatoms. The molecule has 0 amide bonds. The van der Waals surface area contributed by atoms with E-state index in [1.54, 1.807) is 0 Å². The predicted octanol–water partition coefficient (Wildman–Crippen LogP) is 3.70. The van der Waals surface area contributed by atoms with Crippen LogP contribution < -0.4 is 0 Å². The van der Waals surface area contributed by atoms with Crippen LogP contribution >= 0.6 is 11.8 Å². The van der Waals surface area contributed by atoms with Gasteiger partial charge in [-0.15, -0.1) is 11.8 Å². The largest absolute Gasteiger partial charge is 0.478 e. The average molecular weight is 258 g/mol. The lowest BCUT2D eigenvalue weighted by molar-refractivity contribution is 0.0695. The van der Waals surface area contributed by atoms with Crippen molar-refractivity contribution >= 4 is 17.7 Å². The van der Waals surface area contributed by atoms with Gasteiger partial charge < -0.3 is 5.11 Å². The lowest BCUT2D eigenvalue weighted by atomic mass is 10.2. The highest BCUT2D eigenvalue weighted by molar-refractivity contribution is 8.00. The zero-order valence-corrected chi connectivity index (χ0v) is 9.90. The van der Waals surface area contributed by atoms with E-state index in [1.807, 2.05) is 0 Å². The van der Waals surface area contributed by atoms with E-state index in [1.165, 1.54) is 11.8 Å². The van der Waals surface area contributed by atoms with Crippen molar-refractivity contribution < 1.29 is 18.7 Å². The van der Waals surface area contributed by atoms with E-state index < -0.39 is 17.6 Å². The average Bonchev–Trinajstić information content (AvgIpc) is 2.75. The molecule has 0 heterocycles. The van der Waals surface area contributed by atoms with Gasteiger partial charge in [0.2, 0.25) is 0 Å². The van der Waals surface area contributed by atoms with E-state index in [2.05, 4.69) is 0 Å². The van der Waals surface area contributed by atoms with Crippen LogP contribution in [0.1, 0.15) is 36.0 Å². The number of thioether (sulfide) groups is 1. The molecule has 1 aliphatic rings. The van der Waals surface area contributed by atoms with Gasteiger partial charge in [0.1, 0.15) is 11.6 Å². The van der Waals surface area contributed by atoms with Crippen LogP contribution in [0.15, 0.2) is 17.0 Å². The maximum absolute atomic E-state index is 13.6. The molecule has 0 bridgehead atoms. The first-order valence-electron chi connectivity index (χ1n) is 5.47. The summed E-state index contributed by atoms with van der Waals surface area (Å²) in [5.74, 6) is -2.88. The van der Waals surface area contributed by atoms with Gasteiger partial charge in [0, 0.05) is 5.25 Å². The van der Waals surface area contributed by atoms with Crippen molar-refractivity contribution in [2.75, 3.05) is 0 Å². The van der Waals surface area contributed by atoms with E-state index in [0.717, 1.165) is 37.8 Å². The molecule has 0 atom stereocenters. The summed E-state index contributed by atoms with van der Waals surface area (Å²) in [7, 11) is 0. The summed E-state index contributed by atoms with van der Waals surface area (Å²) < 4.78 is 27.2. The van der Waals surface area contributed by atoms with E-state index in [4.69, 9.17) is 5.11 Å². The fourth-order valence-electron chi connectivity index (χ4n) is 1.97. The topological polar surface area (TPSA) is 37.3 Å². The maximum atomic E-state index is 13.6. The first-order chi connectivity index (χ1) is 8.08. The number of carboxylic acid groups (broad SMARTS) is 1. The molecule has 1 N–H and O–H groups in total. The minimum absolute atomic E-state index is 0.0538. The molecule has 0 aliphatic heterocycles. The summed E-state index contributed by atoms with van der Waals surface area (Å²) >= 11 is 1.18. The molecule has 1 aromatic rings. The molecule has 1 saturated carbocycles. The van der Waals surface area contributed by atoms with Gasteiger partial charge in [-0.1, -0.05) is 12.8 Å². The third-order valence-corrected chi connectivity index (χ3v) is 4.26. The Bertz CT molecular complexity index is 419. The second-order valence-electron chi connectivity index (χ2n) is 4.10. The summed E-state index contributed by atoms with van der Waals surface area (Å²) in [6.07, 6.45) is 4.11. The van der Waals surface area contributed by atoms with Gasteiger partial charge in [0.15, 0.2) is 0 Å². The van der Waals surface area contributed by atoms with E-state index in [0.29, 0.717) is 0 Å². The number of halogens is 2. The van der Waals surface area contributed by atoms with Crippen molar-refractivity contribution in [3.05, 3.63) is 29.3 Å². The smallest absolute Gasteiger partial charge is 0.335 e. The van der Waals surface area contributed by atoms with Crippen LogP contribution in [0.5, 0.6) is 0 Å². The molecule has 1 aliphatic carbocycles. The van der Waals surface area contributed by atoms with Crippen LogP contribution in [0.4, 0.5) is 8.78 Å². The lowest BCUT2D eigenvalue weighted by Gasteiger charge is -2.10. The molecule has 92 valence electrons. The monoisotopic (exact) mass is 258 g/mol. The zero-order valence-electron chi connectivity index (χ0n) is 9.08. The van der Waals surface area contributed by atoms with Crippen LogP contribution in [-0.2, 0) is 0 Å². The Labute approximate surface area is 102 Å². The van der Waals surface area contributed by atoms with Crippen molar-refractivity contribution in [3.8, 4) is 0 Å². The Balaban J connectivity index is 2.24. The summed E-state index contributed by atoms with van der Waals surface area (Å²) in [6.45, 7) is 0. The first kappa shape index (κ1) is 12.4. The molecule has 1 aromatic carbocycles. The third kappa shape index (κ3) is 2.77. The minimum atomic E-state index is -1.32. The first-order valence-corrected chi connectivity index (χ1v) is 6.35. The van der Waals surface area contributed by atoms with Gasteiger partial charge in [-0.2, -0.15) is 0 Å². The molecular formula is C12H12F2O2S. The molecule has 0 unspecified atom stereocenters. The van der Waals surface area contributed by atoms with Crippen molar-refractivity contribution in [1.82, 2.24) is 0 Å². The lowest BCUT2D eigenvalue weighted by Crippen LogP contribution is -2.02. The molecule has 2 nitrogen and oxygen atoms in total. The Morgan fingerprint density at radius 3 is 2.24 bits per heavy atom. The van der Waals surface area contributed by atoms with Crippen LogP contribution in [-0.4, -0.2) is 16.3 Å². The second kappa shape index (κ2) is 5.04. The van der Waals surface area contributed by atoms with E-state index >= 15 is 0 Å². The fraction of sp³-hybridized carbons (Fsp3) is 0.417. The minimum Gasteiger partial charge on any atom is -0.478 e. The molecular weight excluding hydrogens is 246 g/mol. The predicted molar refractivity (Wildman–Crippen MR) is 61.4 cm³/mol. The number of carbonyl (C=O) groups is 1. The van der Waals surface area contributed by atoms with Crippen molar-refractivity contribution in [3.63, 3.8) is 0 Å². The summed E-state index contributed by atoms with van der Waals surface area (Å²) in [6, 6.07) is 1.76. The number of aromatic carboxylic acids is 1. The molecule has 0 aromatic heterocycles. The van der Waals surface area contributed by atoms with Crippen molar-refractivity contribution in [2.24, 2.45) is 0 Å². The number of carboxylic acids is 1. The Kier molecular flexibility index (Phi) is 3.66. The van der Waals surface area contributed by atoms with Crippen LogP contribution in [0, 0.1) is 11.6 Å². The highest BCUT2D eigenvalue weighted by Crippen LogP contribution is 2.37. The van der Waals surface area contributed by atoms with Crippen LogP contribution in [0.25, 0.3) is 0 Å². The molecule has 0 saturated heterocycles. The molecule has 1 fully saturated rings. The van der Waals surface area contributed by atoms with Gasteiger partial charge in [-0.25, -0.2) is 13.6 Å². The summed E-state index contributed by atoms with van der Waals surface area (Å²) in [5, 5.41) is 8.91. The highest BCUT2D eigenvalue weighted by Gasteiger charge is 2.21. The highest BCUT2D eigenvalue weighted by atomic mass is 32.2. The molecule has 0 spiro atoms. The van der Waals surface area contributed by atoms with Gasteiger partial charge in [-0.05, 0) is 25.0 Å². The summed E-state index contributed by atoms with van der Waals surface area (Å²) in [5.41, 5.74) is -0.351. The molecule has 17 heavy (non-hydrogen) atoms. The second-order valence-corrected chi connectivity index (χ2v) is 5.41. The van der Waals surface area contributed by atoms with Gasteiger partial charge >= 0.3 is 5.97 Å². The summed E-state index contributed by atoms with van der Waals surface area (Å²) in [4.78, 5) is 10.6. The van der Waals surface area contributed by atoms with Crippen LogP contribution in [0.3, 0.4) is 0 Å². The Morgan fingerprint density at radius 1 is 1.24 bits per heavy atom. The van der Waals surface area contributed by atoms with Crippen LogP contribution in [0.2, 0.25) is 0 Å².